The Balaban J connectivity index is 3.09. The van der Waals surface area contributed by atoms with E-state index in [1.54, 1.807) is 14.2 Å². The Kier molecular flexibility index (Phi) is 7.22. The highest BCUT2D eigenvalue weighted by Gasteiger charge is 2.49. The van der Waals surface area contributed by atoms with Crippen molar-refractivity contribution in [3.05, 3.63) is 0 Å². The fraction of sp³-hybridized carbons (Fsp3) is 1.00. The van der Waals surface area contributed by atoms with Crippen LogP contribution in [-0.4, -0.2) is 73.3 Å². The van der Waals surface area contributed by atoms with Crippen LogP contribution in [0, 0.1) is 0 Å². The van der Waals surface area contributed by atoms with Crippen LogP contribution in [0.15, 0.2) is 0 Å². The lowest BCUT2D eigenvalue weighted by atomic mass is 9.99. The molecule has 0 aromatic heterocycles. The van der Waals surface area contributed by atoms with Gasteiger partial charge in [0.2, 0.25) is 0 Å². The summed E-state index contributed by atoms with van der Waals surface area (Å²) in [6, 6.07) is 0. The van der Waals surface area contributed by atoms with Crippen molar-refractivity contribution in [1.82, 2.24) is 0 Å². The largest absolute Gasteiger partial charge is 0.409 e. The van der Waals surface area contributed by atoms with Crippen LogP contribution in [0.4, 0.5) is 0 Å². The van der Waals surface area contributed by atoms with Crippen molar-refractivity contribution in [2.45, 2.75) is 70.0 Å². The van der Waals surface area contributed by atoms with Gasteiger partial charge in [-0.15, -0.1) is 0 Å². The molecular weight excluding hydrogens is 320 g/mol. The topological polar surface area (TPSA) is 66.4 Å². The molecule has 1 aliphatic rings. The van der Waals surface area contributed by atoms with Gasteiger partial charge in [0, 0.05) is 14.2 Å². The lowest BCUT2D eigenvalue weighted by Gasteiger charge is -2.47. The van der Waals surface area contributed by atoms with Crippen molar-refractivity contribution in [2.24, 2.45) is 0 Å². The number of aliphatic hydroxyl groups is 1. The van der Waals surface area contributed by atoms with E-state index in [9.17, 15) is 5.11 Å². The molecule has 1 N–H and O–H groups in total. The first-order valence-electron chi connectivity index (χ1n) is 7.69. The van der Waals surface area contributed by atoms with E-state index in [1.807, 2.05) is 0 Å². The molecule has 0 radical (unpaired) electrons. The van der Waals surface area contributed by atoms with Crippen LogP contribution in [0.25, 0.3) is 0 Å². The van der Waals surface area contributed by atoms with Crippen LogP contribution in [0.3, 0.4) is 0 Å². The Hall–Kier alpha value is 0.194. The van der Waals surface area contributed by atoms with Gasteiger partial charge >= 0.3 is 0 Å². The van der Waals surface area contributed by atoms with E-state index in [1.165, 1.54) is 0 Å². The number of ether oxygens (including phenoxy) is 3. The Bertz CT molecular complexity index is 341. The minimum Gasteiger partial charge on any atom is -0.409 e. The second kappa shape index (κ2) is 7.84. The Morgan fingerprint density at radius 1 is 0.864 bits per heavy atom. The van der Waals surface area contributed by atoms with Crippen molar-refractivity contribution >= 4 is 16.6 Å². The normalized spacial score (nSPS) is 34.0. The Labute approximate surface area is 136 Å². The number of rotatable bonds is 7. The van der Waals surface area contributed by atoms with Gasteiger partial charge in [0.25, 0.3) is 0 Å². The van der Waals surface area contributed by atoms with E-state index >= 15 is 0 Å². The monoisotopic (exact) mass is 352 g/mol. The molecule has 6 nitrogen and oxygen atoms in total. The van der Waals surface area contributed by atoms with Gasteiger partial charge in [-0.3, -0.25) is 0 Å². The van der Waals surface area contributed by atoms with Crippen molar-refractivity contribution in [2.75, 3.05) is 20.8 Å². The minimum atomic E-state index is -1.85. The molecule has 8 heteroatoms. The Morgan fingerprint density at radius 3 is 1.77 bits per heavy atom. The zero-order chi connectivity index (χ0) is 17.1. The first kappa shape index (κ1) is 20.2. The summed E-state index contributed by atoms with van der Waals surface area (Å²) in [7, 11) is -0.524. The smallest absolute Gasteiger partial charge is 0.184 e. The van der Waals surface area contributed by atoms with Crippen LogP contribution in [0.5, 0.6) is 0 Å². The van der Waals surface area contributed by atoms with E-state index < -0.39 is 29.0 Å². The molecular formula is C14H32O6Si2. The number of hydrogen-bond acceptors (Lipinski definition) is 6. The zero-order valence-electron chi connectivity index (χ0n) is 15.1. The summed E-state index contributed by atoms with van der Waals surface area (Å²) in [6.45, 7) is 13.0. The zero-order valence-corrected chi connectivity index (χ0v) is 17.1. The lowest BCUT2D eigenvalue weighted by molar-refractivity contribution is -0.286. The molecule has 0 spiro atoms. The molecule has 1 rings (SSSR count). The number of hydrogen-bond donors (Lipinski definition) is 1. The van der Waals surface area contributed by atoms with Crippen molar-refractivity contribution in [1.29, 1.82) is 0 Å². The van der Waals surface area contributed by atoms with E-state index in [2.05, 4.69) is 39.3 Å². The summed E-state index contributed by atoms with van der Waals surface area (Å²) in [4.78, 5) is 0. The molecule has 0 aromatic carbocycles. The first-order valence-corrected chi connectivity index (χ1v) is 14.5. The van der Waals surface area contributed by atoms with E-state index in [4.69, 9.17) is 23.1 Å². The van der Waals surface area contributed by atoms with Gasteiger partial charge < -0.3 is 28.2 Å². The van der Waals surface area contributed by atoms with E-state index in [0.29, 0.717) is 6.61 Å². The maximum atomic E-state index is 10.2. The SMILES string of the molecule is COC[C@@H]1OC(O)[C@@H](OC)[C@H](O[Si](C)(C)C)[C@@H]1O[Si](C)(C)C. The van der Waals surface area contributed by atoms with Crippen molar-refractivity contribution in [3.63, 3.8) is 0 Å². The fourth-order valence-corrected chi connectivity index (χ4v) is 4.72. The van der Waals surface area contributed by atoms with Gasteiger partial charge in [-0.1, -0.05) is 0 Å². The quantitative estimate of drug-likeness (QED) is 0.705. The average molecular weight is 353 g/mol. The number of methoxy groups -OCH3 is 2. The second-order valence-electron chi connectivity index (χ2n) is 7.61. The summed E-state index contributed by atoms with van der Waals surface area (Å²) in [6.07, 6.45) is -2.67. The van der Waals surface area contributed by atoms with Gasteiger partial charge in [-0.25, -0.2) is 0 Å². The molecule has 0 saturated carbocycles. The van der Waals surface area contributed by atoms with Crippen LogP contribution < -0.4 is 0 Å². The van der Waals surface area contributed by atoms with Gasteiger partial charge in [-0.2, -0.15) is 0 Å². The molecule has 5 atom stereocenters. The number of aliphatic hydroxyl groups excluding tert-OH is 1. The molecule has 1 heterocycles. The first-order chi connectivity index (χ1) is 9.98. The molecule has 0 amide bonds. The highest BCUT2D eigenvalue weighted by molar-refractivity contribution is 6.70. The molecule has 1 saturated heterocycles. The highest BCUT2D eigenvalue weighted by Crippen LogP contribution is 2.31. The molecule has 132 valence electrons. The third-order valence-electron chi connectivity index (χ3n) is 3.19. The molecule has 22 heavy (non-hydrogen) atoms. The predicted octanol–water partition coefficient (Wildman–Crippen LogP) is 1.81. The van der Waals surface area contributed by atoms with E-state index in [0.717, 1.165) is 0 Å². The van der Waals surface area contributed by atoms with Crippen LogP contribution in [0.1, 0.15) is 0 Å². The van der Waals surface area contributed by atoms with Gasteiger partial charge in [-0.05, 0) is 39.3 Å². The molecule has 0 bridgehead atoms. The molecule has 1 aliphatic heterocycles. The summed E-state index contributed by atoms with van der Waals surface area (Å²) < 4.78 is 29.0. The summed E-state index contributed by atoms with van der Waals surface area (Å²) in [5.74, 6) is 0. The highest BCUT2D eigenvalue weighted by atomic mass is 28.4. The van der Waals surface area contributed by atoms with Gasteiger partial charge in [0.15, 0.2) is 22.9 Å². The fourth-order valence-electron chi connectivity index (χ4n) is 2.54. The van der Waals surface area contributed by atoms with Crippen LogP contribution in [0.2, 0.25) is 39.3 Å². The van der Waals surface area contributed by atoms with Crippen molar-refractivity contribution < 1.29 is 28.2 Å². The standard InChI is InChI=1S/C14H32O6Si2/c1-16-9-10-11(19-21(3,4)5)12(20-22(6,7)8)13(17-2)14(15)18-10/h10-15H,9H2,1-8H3/t10-,11+,12+,13-,14?/m0/s1. The van der Waals surface area contributed by atoms with Crippen LogP contribution in [-0.2, 0) is 23.1 Å². The second-order valence-corrected chi connectivity index (χ2v) is 16.5. The van der Waals surface area contributed by atoms with E-state index in [-0.39, 0.29) is 18.3 Å². The molecule has 0 aliphatic carbocycles. The predicted molar refractivity (Wildman–Crippen MR) is 90.0 cm³/mol. The third kappa shape index (κ3) is 6.01. The maximum Gasteiger partial charge on any atom is 0.184 e. The van der Waals surface area contributed by atoms with Gasteiger partial charge in [0.05, 0.1) is 6.61 Å². The average Bonchev–Trinajstić information content (AvgIpc) is 2.31. The minimum absolute atomic E-state index is 0.313. The van der Waals surface area contributed by atoms with Crippen molar-refractivity contribution in [3.8, 4) is 0 Å². The summed E-state index contributed by atoms with van der Waals surface area (Å²) >= 11 is 0. The maximum absolute atomic E-state index is 10.2. The van der Waals surface area contributed by atoms with Gasteiger partial charge in [0.1, 0.15) is 24.4 Å². The molecule has 0 aromatic rings. The Morgan fingerprint density at radius 2 is 1.36 bits per heavy atom. The van der Waals surface area contributed by atoms with Crippen LogP contribution >= 0.6 is 0 Å². The summed E-state index contributed by atoms with van der Waals surface area (Å²) in [5.41, 5.74) is 0. The molecule has 1 unspecified atom stereocenters. The molecule has 1 fully saturated rings. The lowest BCUT2D eigenvalue weighted by Crippen LogP contribution is -2.64. The third-order valence-corrected chi connectivity index (χ3v) is 5.15. The summed E-state index contributed by atoms with van der Waals surface area (Å²) in [5, 5.41) is 10.2.